The van der Waals surface area contributed by atoms with Crippen molar-refractivity contribution in [3.8, 4) is 0 Å². The number of rotatable bonds is 4. The van der Waals surface area contributed by atoms with Gasteiger partial charge in [0, 0.05) is 18.8 Å². The van der Waals surface area contributed by atoms with Crippen molar-refractivity contribution in [3.63, 3.8) is 0 Å². The minimum atomic E-state index is -2.24. The molecular formula is C16H22FN3O4. The Hall–Kier alpha value is -1.96. The zero-order chi connectivity index (χ0) is 17.5. The second kappa shape index (κ2) is 5.84. The third-order valence-corrected chi connectivity index (χ3v) is 4.74. The molecule has 0 saturated carbocycles. The van der Waals surface area contributed by atoms with Crippen molar-refractivity contribution in [3.05, 3.63) is 18.0 Å². The maximum absolute atomic E-state index is 15.5. The van der Waals surface area contributed by atoms with Crippen LogP contribution in [0.1, 0.15) is 37.3 Å². The molecule has 24 heavy (non-hydrogen) atoms. The van der Waals surface area contributed by atoms with E-state index < -0.39 is 17.1 Å². The summed E-state index contributed by atoms with van der Waals surface area (Å²) in [6, 6.07) is 1.73. The van der Waals surface area contributed by atoms with Crippen LogP contribution >= 0.6 is 0 Å². The van der Waals surface area contributed by atoms with E-state index in [0.717, 1.165) is 0 Å². The summed E-state index contributed by atoms with van der Waals surface area (Å²) in [4.78, 5) is 26.2. The van der Waals surface area contributed by atoms with Crippen molar-refractivity contribution in [1.29, 1.82) is 0 Å². The van der Waals surface area contributed by atoms with E-state index in [1.54, 1.807) is 23.9 Å². The highest BCUT2D eigenvalue weighted by atomic mass is 19.1. The number of likely N-dealkylation sites (tertiary alicyclic amines) is 1. The fourth-order valence-corrected chi connectivity index (χ4v) is 3.22. The number of alkyl halides is 1. The molecule has 2 fully saturated rings. The molecule has 0 radical (unpaired) electrons. The van der Waals surface area contributed by atoms with Crippen LogP contribution in [0.25, 0.3) is 0 Å². The number of carbonyl (C=O) groups is 2. The van der Waals surface area contributed by atoms with E-state index in [1.807, 2.05) is 13.8 Å². The van der Waals surface area contributed by atoms with E-state index in [1.165, 1.54) is 4.90 Å². The van der Waals surface area contributed by atoms with Crippen LogP contribution in [0.15, 0.2) is 12.3 Å². The van der Waals surface area contributed by atoms with Gasteiger partial charge < -0.3 is 14.4 Å². The first kappa shape index (κ1) is 16.9. The molecule has 1 amide bonds. The number of ether oxygens (including phenoxy) is 2. The van der Waals surface area contributed by atoms with Crippen molar-refractivity contribution in [1.82, 2.24) is 14.7 Å². The summed E-state index contributed by atoms with van der Waals surface area (Å²) in [6.45, 7) is 5.61. The van der Waals surface area contributed by atoms with Crippen LogP contribution in [0, 0.1) is 5.41 Å². The zero-order valence-electron chi connectivity index (χ0n) is 14.1. The molecule has 8 heteroatoms. The summed E-state index contributed by atoms with van der Waals surface area (Å²) in [5.41, 5.74) is -3.01. The van der Waals surface area contributed by atoms with Crippen LogP contribution in [0.3, 0.4) is 0 Å². The van der Waals surface area contributed by atoms with Gasteiger partial charge in [-0.05, 0) is 26.8 Å². The van der Waals surface area contributed by atoms with Crippen molar-refractivity contribution in [2.45, 2.75) is 32.5 Å². The largest absolute Gasteiger partial charge is 0.464 e. The fraction of sp³-hybridized carbons (Fsp3) is 0.688. The second-order valence-electron chi connectivity index (χ2n) is 6.73. The topological polar surface area (TPSA) is 73.7 Å². The predicted octanol–water partition coefficient (Wildman–Crippen LogP) is 1.21. The Morgan fingerprint density at radius 2 is 2.12 bits per heavy atom. The van der Waals surface area contributed by atoms with E-state index in [9.17, 15) is 9.59 Å². The van der Waals surface area contributed by atoms with Crippen LogP contribution in [0.4, 0.5) is 4.39 Å². The molecule has 132 valence electrons. The number of amides is 1. The number of esters is 1. The molecule has 1 aromatic rings. The molecule has 1 spiro atoms. The Morgan fingerprint density at radius 1 is 1.42 bits per heavy atom. The van der Waals surface area contributed by atoms with E-state index in [0.29, 0.717) is 0 Å². The highest BCUT2D eigenvalue weighted by Crippen LogP contribution is 2.48. The van der Waals surface area contributed by atoms with E-state index in [-0.39, 0.29) is 50.6 Å². The maximum Gasteiger partial charge on any atom is 0.346 e. The Morgan fingerprint density at radius 3 is 2.62 bits per heavy atom. The lowest BCUT2D eigenvalue weighted by Crippen LogP contribution is -2.61. The van der Waals surface area contributed by atoms with Gasteiger partial charge in [-0.3, -0.25) is 9.48 Å². The number of carbonyl (C=O) groups excluding carboxylic acids is 2. The molecule has 2 saturated heterocycles. The van der Waals surface area contributed by atoms with Crippen LogP contribution < -0.4 is 0 Å². The number of nitrogens with zero attached hydrogens (tertiary/aromatic N) is 3. The van der Waals surface area contributed by atoms with Crippen LogP contribution in [0.2, 0.25) is 0 Å². The molecule has 2 aliphatic heterocycles. The third-order valence-electron chi connectivity index (χ3n) is 4.74. The highest BCUT2D eigenvalue weighted by molar-refractivity contribution is 5.94. The summed E-state index contributed by atoms with van der Waals surface area (Å²) >= 11 is 0. The van der Waals surface area contributed by atoms with Gasteiger partial charge in [0.2, 0.25) is 5.67 Å². The summed E-state index contributed by atoms with van der Waals surface area (Å²) in [5.74, 6) is -1.30. The average Bonchev–Trinajstić information content (AvgIpc) is 3.09. The van der Waals surface area contributed by atoms with Crippen molar-refractivity contribution in [2.75, 3.05) is 32.9 Å². The van der Waals surface area contributed by atoms with Gasteiger partial charge in [-0.1, -0.05) is 0 Å². The monoisotopic (exact) mass is 339 g/mol. The van der Waals surface area contributed by atoms with Gasteiger partial charge in [-0.2, -0.15) is 5.10 Å². The number of hydrogen-bond donors (Lipinski definition) is 0. The highest BCUT2D eigenvalue weighted by Gasteiger charge is 2.68. The van der Waals surface area contributed by atoms with Gasteiger partial charge in [0.15, 0.2) is 0 Å². The van der Waals surface area contributed by atoms with Crippen molar-refractivity contribution in [2.24, 2.45) is 5.41 Å². The lowest BCUT2D eigenvalue weighted by molar-refractivity contribution is -0.196. The first-order valence-electron chi connectivity index (χ1n) is 8.11. The molecule has 3 heterocycles. The minimum absolute atomic E-state index is 0.0914. The molecule has 0 aromatic carbocycles. The summed E-state index contributed by atoms with van der Waals surface area (Å²) in [6.07, 6.45) is 1.71. The van der Waals surface area contributed by atoms with Gasteiger partial charge in [-0.25, -0.2) is 9.18 Å². The smallest absolute Gasteiger partial charge is 0.346 e. The molecule has 0 aliphatic carbocycles. The summed E-state index contributed by atoms with van der Waals surface area (Å²) in [7, 11) is 0. The normalized spacial score (nSPS) is 25.1. The Bertz CT molecular complexity index is 656. The van der Waals surface area contributed by atoms with Gasteiger partial charge >= 0.3 is 5.97 Å². The minimum Gasteiger partial charge on any atom is -0.464 e. The lowest BCUT2D eigenvalue weighted by atomic mass is 9.74. The summed E-state index contributed by atoms with van der Waals surface area (Å²) < 4.78 is 27.2. The van der Waals surface area contributed by atoms with Gasteiger partial charge in [-0.15, -0.1) is 0 Å². The predicted molar refractivity (Wildman–Crippen MR) is 82.2 cm³/mol. The molecular weight excluding hydrogens is 317 g/mol. The molecule has 0 unspecified atom stereocenters. The Balaban J connectivity index is 1.83. The molecule has 7 nitrogen and oxygen atoms in total. The van der Waals surface area contributed by atoms with Crippen molar-refractivity contribution >= 4 is 11.9 Å². The standard InChI is InChI=1S/C16H22FN3O4/c1-4-24-14(22)16(17)8-19(7-15(16)9-23-10-15)13(21)12-5-6-20(18-12)11(2)3/h5-6,11H,4,7-10H2,1-3H3/t16-/m1/s1. The van der Waals surface area contributed by atoms with Crippen LogP contribution in [0.5, 0.6) is 0 Å². The van der Waals surface area contributed by atoms with Crippen molar-refractivity contribution < 1.29 is 23.5 Å². The van der Waals surface area contributed by atoms with Gasteiger partial charge in [0.1, 0.15) is 5.69 Å². The Kier molecular flexibility index (Phi) is 4.11. The molecule has 1 atom stereocenters. The molecule has 3 rings (SSSR count). The lowest BCUT2D eigenvalue weighted by Gasteiger charge is -2.43. The van der Waals surface area contributed by atoms with E-state index >= 15 is 4.39 Å². The van der Waals surface area contributed by atoms with E-state index in [4.69, 9.17) is 9.47 Å². The van der Waals surface area contributed by atoms with E-state index in [2.05, 4.69) is 5.10 Å². The molecule has 0 N–H and O–H groups in total. The third kappa shape index (κ3) is 2.40. The van der Waals surface area contributed by atoms with Gasteiger partial charge in [0.25, 0.3) is 5.91 Å². The van der Waals surface area contributed by atoms with Crippen LogP contribution in [-0.4, -0.2) is 65.1 Å². The average molecular weight is 339 g/mol. The quantitative estimate of drug-likeness (QED) is 0.771. The zero-order valence-corrected chi connectivity index (χ0v) is 14.1. The number of hydrogen-bond acceptors (Lipinski definition) is 5. The fourth-order valence-electron chi connectivity index (χ4n) is 3.22. The number of aromatic nitrogens is 2. The van der Waals surface area contributed by atoms with Crippen LogP contribution in [-0.2, 0) is 14.3 Å². The molecule has 0 bridgehead atoms. The van der Waals surface area contributed by atoms with Gasteiger partial charge in [0.05, 0.1) is 31.8 Å². The first-order valence-corrected chi connectivity index (χ1v) is 8.11. The Labute approximate surface area is 139 Å². The SMILES string of the molecule is CCOC(=O)[C@]1(F)CN(C(=O)c2ccn(C(C)C)n2)CC12COC2. The molecule has 1 aromatic heterocycles. The second-order valence-corrected chi connectivity index (χ2v) is 6.73. The first-order chi connectivity index (χ1) is 11.3. The molecule has 2 aliphatic rings. The maximum atomic E-state index is 15.5. The number of halogens is 1. The summed E-state index contributed by atoms with van der Waals surface area (Å²) in [5, 5.41) is 4.23.